The minimum Gasteiger partial charge on any atom is -0.309 e. The molecule has 3 aromatic heterocycles. The summed E-state index contributed by atoms with van der Waals surface area (Å²) in [7, 11) is 0. The van der Waals surface area contributed by atoms with Gasteiger partial charge in [-0.25, -0.2) is 0 Å². The first-order valence-corrected chi connectivity index (χ1v) is 19.0. The fourth-order valence-electron chi connectivity index (χ4n) is 9.34. The molecule has 0 saturated heterocycles. The van der Waals surface area contributed by atoms with Crippen molar-refractivity contribution in [2.45, 2.75) is 51.4 Å². The lowest BCUT2D eigenvalue weighted by molar-refractivity contribution is 0.332. The molecule has 0 amide bonds. The quantitative estimate of drug-likeness (QED) is 0.173. The maximum absolute atomic E-state index is 2.56. The van der Waals surface area contributed by atoms with Crippen LogP contribution in [0.5, 0.6) is 0 Å². The van der Waals surface area contributed by atoms with Gasteiger partial charge in [0.1, 0.15) is 0 Å². The average Bonchev–Trinajstić information content (AvgIpc) is 3.79. The first-order valence-electron chi connectivity index (χ1n) is 18.2. The molecule has 1 aliphatic carbocycles. The number of nitrogens with zero attached hydrogens (tertiary/aromatic N) is 2. The van der Waals surface area contributed by atoms with Crippen LogP contribution in [0, 0.1) is 0 Å². The first-order chi connectivity index (χ1) is 24.8. The lowest BCUT2D eigenvalue weighted by Crippen LogP contribution is -2.33. The van der Waals surface area contributed by atoms with E-state index in [0.29, 0.717) is 0 Å². The van der Waals surface area contributed by atoms with Gasteiger partial charge in [0.05, 0.1) is 22.1 Å². The van der Waals surface area contributed by atoms with Crippen LogP contribution in [0.1, 0.15) is 51.7 Å². The molecule has 7 aromatic carbocycles. The normalized spacial score (nSPS) is 15.6. The van der Waals surface area contributed by atoms with E-state index < -0.39 is 0 Å². The molecule has 1 aliphatic rings. The molecule has 3 heteroatoms. The molecule has 3 heterocycles. The van der Waals surface area contributed by atoms with Crippen molar-refractivity contribution >= 4 is 85.9 Å². The van der Waals surface area contributed by atoms with Crippen molar-refractivity contribution < 1.29 is 0 Å². The highest BCUT2D eigenvalue weighted by Gasteiger charge is 2.38. The molecule has 0 spiro atoms. The zero-order valence-corrected chi connectivity index (χ0v) is 30.2. The average molecular weight is 675 g/mol. The van der Waals surface area contributed by atoms with Crippen LogP contribution in [-0.2, 0) is 10.8 Å². The van der Waals surface area contributed by atoms with Crippen molar-refractivity contribution in [2.75, 3.05) is 0 Å². The Morgan fingerprint density at radius 1 is 0.431 bits per heavy atom. The van der Waals surface area contributed by atoms with Crippen LogP contribution < -0.4 is 0 Å². The zero-order chi connectivity index (χ0) is 34.2. The number of rotatable bonds is 2. The Hall–Kier alpha value is -5.38. The van der Waals surface area contributed by atoms with E-state index in [1.807, 2.05) is 11.3 Å². The van der Waals surface area contributed by atoms with Crippen LogP contribution in [0.25, 0.3) is 85.9 Å². The van der Waals surface area contributed by atoms with Crippen molar-refractivity contribution in [1.29, 1.82) is 0 Å². The lowest BCUT2D eigenvalue weighted by Gasteiger charge is -2.42. The zero-order valence-electron chi connectivity index (χ0n) is 29.4. The molecule has 10 aromatic rings. The Bertz CT molecular complexity index is 3080. The van der Waals surface area contributed by atoms with Crippen molar-refractivity contribution in [3.63, 3.8) is 0 Å². The first kappa shape index (κ1) is 29.4. The van der Waals surface area contributed by atoms with Crippen LogP contribution in [0.15, 0.2) is 133 Å². The summed E-state index contributed by atoms with van der Waals surface area (Å²) in [6.07, 6.45) is 2.39. The number of thiophene rings is 1. The molecule has 0 unspecified atom stereocenters. The number of hydrogen-bond donors (Lipinski definition) is 0. The molecule has 0 bridgehead atoms. The van der Waals surface area contributed by atoms with Gasteiger partial charge in [0, 0.05) is 53.1 Å². The van der Waals surface area contributed by atoms with Gasteiger partial charge in [-0.05, 0) is 106 Å². The fraction of sp³-hybridized carbons (Fsp3) is 0.167. The van der Waals surface area contributed by atoms with Gasteiger partial charge in [-0.3, -0.25) is 0 Å². The van der Waals surface area contributed by atoms with E-state index >= 15 is 0 Å². The highest BCUT2D eigenvalue weighted by Crippen LogP contribution is 2.49. The molecule has 0 radical (unpaired) electrons. The molecule has 0 N–H and O–H groups in total. The predicted octanol–water partition coefficient (Wildman–Crippen LogP) is 13.8. The van der Waals surface area contributed by atoms with E-state index in [1.54, 1.807) is 0 Å². The summed E-state index contributed by atoms with van der Waals surface area (Å²) in [5.41, 5.74) is 10.7. The van der Waals surface area contributed by atoms with Gasteiger partial charge >= 0.3 is 0 Å². The minimum absolute atomic E-state index is 0.123. The highest BCUT2D eigenvalue weighted by molar-refractivity contribution is 7.25. The second kappa shape index (κ2) is 10.1. The van der Waals surface area contributed by atoms with Crippen LogP contribution in [0.4, 0.5) is 0 Å². The lowest BCUT2D eigenvalue weighted by atomic mass is 9.63. The van der Waals surface area contributed by atoms with Gasteiger partial charge in [0.15, 0.2) is 0 Å². The summed E-state index contributed by atoms with van der Waals surface area (Å²) in [6.45, 7) is 9.75. The van der Waals surface area contributed by atoms with Crippen LogP contribution in [-0.4, -0.2) is 9.13 Å². The summed E-state index contributed by atoms with van der Waals surface area (Å²) >= 11 is 1.89. The van der Waals surface area contributed by atoms with Crippen molar-refractivity contribution in [2.24, 2.45) is 0 Å². The maximum Gasteiger partial charge on any atom is 0.0549 e. The summed E-state index contributed by atoms with van der Waals surface area (Å²) in [4.78, 5) is 0. The number of benzene rings is 7. The number of hydrogen-bond acceptors (Lipinski definition) is 1. The maximum atomic E-state index is 2.56. The number of aromatic nitrogens is 2. The van der Waals surface area contributed by atoms with Gasteiger partial charge in [0.25, 0.3) is 0 Å². The highest BCUT2D eigenvalue weighted by atomic mass is 32.1. The van der Waals surface area contributed by atoms with Gasteiger partial charge in [-0.2, -0.15) is 0 Å². The van der Waals surface area contributed by atoms with Gasteiger partial charge < -0.3 is 9.13 Å². The standard InChI is InChI=1S/C48H38N2S/c1-47(2)22-23-48(3,4)39-28-43-35(25-38(39)47)36-26-42-37(27-41(36)49(43)30-13-6-5-7-14-30)46-32-15-9-8-12-29(32)18-21-40(46)50(42)31-19-20-34-33-16-10-11-17-44(33)51-45(34)24-31/h5-21,24-28H,22-23H2,1-4H3. The van der Waals surface area contributed by atoms with E-state index in [2.05, 4.69) is 170 Å². The SMILES string of the molecule is CC1(C)CCC(C)(C)c2cc3c(cc21)c1cc2c(cc1n3-c1ccccc1)c1c3ccccc3ccc1n2-c1ccc2c(c1)sc1ccccc12. The van der Waals surface area contributed by atoms with Crippen molar-refractivity contribution in [3.8, 4) is 11.4 Å². The molecule has 11 rings (SSSR count). The van der Waals surface area contributed by atoms with Crippen molar-refractivity contribution in [1.82, 2.24) is 9.13 Å². The minimum atomic E-state index is 0.123. The third kappa shape index (κ3) is 4.04. The second-order valence-electron chi connectivity index (χ2n) is 16.0. The topological polar surface area (TPSA) is 9.86 Å². The van der Waals surface area contributed by atoms with Crippen LogP contribution in [0.3, 0.4) is 0 Å². The number of para-hydroxylation sites is 1. The smallest absolute Gasteiger partial charge is 0.0549 e. The summed E-state index contributed by atoms with van der Waals surface area (Å²) in [6, 6.07) is 50.4. The third-order valence-corrected chi connectivity index (χ3v) is 13.3. The molecule has 0 fully saturated rings. The molecule has 0 aliphatic heterocycles. The molecule has 51 heavy (non-hydrogen) atoms. The molecule has 0 saturated carbocycles. The summed E-state index contributed by atoms with van der Waals surface area (Å²) in [5, 5.41) is 10.5. The molecular formula is C48H38N2S. The van der Waals surface area contributed by atoms with E-state index in [9.17, 15) is 0 Å². The van der Waals surface area contributed by atoms with Crippen LogP contribution >= 0.6 is 11.3 Å². The Labute approximate surface area is 301 Å². The second-order valence-corrected chi connectivity index (χ2v) is 17.1. The Morgan fingerprint density at radius 3 is 1.86 bits per heavy atom. The Balaban J connectivity index is 1.32. The van der Waals surface area contributed by atoms with Crippen LogP contribution in [0.2, 0.25) is 0 Å². The van der Waals surface area contributed by atoms with E-state index in [4.69, 9.17) is 0 Å². The predicted molar refractivity (Wildman–Crippen MR) is 221 cm³/mol. The molecule has 2 nitrogen and oxygen atoms in total. The monoisotopic (exact) mass is 674 g/mol. The summed E-state index contributed by atoms with van der Waals surface area (Å²) < 4.78 is 7.71. The Morgan fingerprint density at radius 2 is 1.04 bits per heavy atom. The van der Waals surface area contributed by atoms with E-state index in [-0.39, 0.29) is 10.8 Å². The largest absolute Gasteiger partial charge is 0.309 e. The Kier molecular flexibility index (Phi) is 5.82. The summed E-state index contributed by atoms with van der Waals surface area (Å²) in [5.74, 6) is 0. The van der Waals surface area contributed by atoms with E-state index in [0.717, 1.165) is 0 Å². The molecule has 246 valence electrons. The van der Waals surface area contributed by atoms with E-state index in [1.165, 1.54) is 110 Å². The van der Waals surface area contributed by atoms with Gasteiger partial charge in [-0.1, -0.05) is 100 Å². The third-order valence-electron chi connectivity index (χ3n) is 12.1. The fourth-order valence-corrected chi connectivity index (χ4v) is 10.5. The molecular weight excluding hydrogens is 637 g/mol. The number of fused-ring (bicyclic) bond motifs is 12. The van der Waals surface area contributed by atoms with Gasteiger partial charge in [-0.15, -0.1) is 11.3 Å². The molecule has 0 atom stereocenters. The van der Waals surface area contributed by atoms with Gasteiger partial charge in [0.2, 0.25) is 0 Å². The van der Waals surface area contributed by atoms with Crippen molar-refractivity contribution in [3.05, 3.63) is 145 Å².